The van der Waals surface area contributed by atoms with E-state index in [2.05, 4.69) is 5.32 Å². The smallest absolute Gasteiger partial charge is 0.408 e. The van der Waals surface area contributed by atoms with Crippen molar-refractivity contribution in [3.05, 3.63) is 28.7 Å². The standard InChI is InChI=1S/C13H17N3O3/c1-7(2)15-12(17)8(3)16-10-6-9(14)4-5-11(10)19-13(16)18/h4-8H,14H2,1-3H3,(H,15,17). The summed E-state index contributed by atoms with van der Waals surface area (Å²) in [7, 11) is 0. The number of aromatic nitrogens is 1. The first kappa shape index (κ1) is 13.2. The highest BCUT2D eigenvalue weighted by atomic mass is 16.4. The maximum absolute atomic E-state index is 12.0. The fourth-order valence-corrected chi connectivity index (χ4v) is 1.94. The minimum absolute atomic E-state index is 0.00823. The number of nitrogens with zero attached hydrogens (tertiary/aromatic N) is 1. The lowest BCUT2D eigenvalue weighted by Gasteiger charge is -2.15. The molecular formula is C13H17N3O3. The van der Waals surface area contributed by atoms with Gasteiger partial charge in [0.2, 0.25) is 5.91 Å². The number of nitrogens with one attached hydrogen (secondary N) is 1. The van der Waals surface area contributed by atoms with Gasteiger partial charge in [-0.1, -0.05) is 0 Å². The van der Waals surface area contributed by atoms with Crippen molar-refractivity contribution < 1.29 is 9.21 Å². The molecule has 0 aliphatic carbocycles. The van der Waals surface area contributed by atoms with Gasteiger partial charge < -0.3 is 15.5 Å². The van der Waals surface area contributed by atoms with Gasteiger partial charge in [-0.25, -0.2) is 4.79 Å². The quantitative estimate of drug-likeness (QED) is 0.816. The summed E-state index contributed by atoms with van der Waals surface area (Å²) in [6.45, 7) is 5.37. The number of rotatable bonds is 3. The molecule has 1 amide bonds. The molecule has 102 valence electrons. The zero-order chi connectivity index (χ0) is 14.2. The van der Waals surface area contributed by atoms with Gasteiger partial charge in [0.15, 0.2) is 5.58 Å². The number of nitrogens with two attached hydrogens (primary N) is 1. The molecule has 1 heterocycles. The highest BCUT2D eigenvalue weighted by Gasteiger charge is 2.21. The van der Waals surface area contributed by atoms with Gasteiger partial charge in [0.05, 0.1) is 5.52 Å². The van der Waals surface area contributed by atoms with Crippen LogP contribution in [0.2, 0.25) is 0 Å². The van der Waals surface area contributed by atoms with E-state index in [1.807, 2.05) is 13.8 Å². The summed E-state index contributed by atoms with van der Waals surface area (Å²) in [5.74, 6) is -0.797. The lowest BCUT2D eigenvalue weighted by Crippen LogP contribution is -2.37. The first-order chi connectivity index (χ1) is 8.90. The Kier molecular flexibility index (Phi) is 3.33. The predicted octanol–water partition coefficient (Wildman–Crippen LogP) is 1.26. The summed E-state index contributed by atoms with van der Waals surface area (Å²) in [4.78, 5) is 23.8. The molecule has 2 rings (SSSR count). The van der Waals surface area contributed by atoms with Gasteiger partial charge in [-0.2, -0.15) is 0 Å². The number of anilines is 1. The number of carbonyl (C=O) groups excluding carboxylic acids is 1. The molecule has 19 heavy (non-hydrogen) atoms. The molecule has 0 aliphatic rings. The van der Waals surface area contributed by atoms with Crippen LogP contribution in [0.4, 0.5) is 5.69 Å². The van der Waals surface area contributed by atoms with Gasteiger partial charge in [0.1, 0.15) is 6.04 Å². The molecule has 1 unspecified atom stereocenters. The van der Waals surface area contributed by atoms with Gasteiger partial charge in [-0.3, -0.25) is 9.36 Å². The lowest BCUT2D eigenvalue weighted by atomic mass is 10.2. The molecule has 2 aromatic rings. The van der Waals surface area contributed by atoms with Crippen molar-refractivity contribution in [3.8, 4) is 0 Å². The molecule has 1 aromatic carbocycles. The van der Waals surface area contributed by atoms with Crippen LogP contribution in [0.15, 0.2) is 27.4 Å². The maximum Gasteiger partial charge on any atom is 0.420 e. The van der Waals surface area contributed by atoms with Crippen molar-refractivity contribution >= 4 is 22.7 Å². The average Bonchev–Trinajstić information content (AvgIpc) is 2.62. The number of amides is 1. The van der Waals surface area contributed by atoms with Gasteiger partial charge in [0.25, 0.3) is 0 Å². The van der Waals surface area contributed by atoms with Crippen LogP contribution < -0.4 is 16.8 Å². The Morgan fingerprint density at radius 1 is 1.37 bits per heavy atom. The van der Waals surface area contributed by atoms with E-state index in [-0.39, 0.29) is 11.9 Å². The predicted molar refractivity (Wildman–Crippen MR) is 72.9 cm³/mol. The second kappa shape index (κ2) is 4.79. The minimum atomic E-state index is -0.655. The Morgan fingerprint density at radius 3 is 2.68 bits per heavy atom. The molecule has 0 bridgehead atoms. The van der Waals surface area contributed by atoms with E-state index in [9.17, 15) is 9.59 Å². The zero-order valence-electron chi connectivity index (χ0n) is 11.1. The zero-order valence-corrected chi connectivity index (χ0v) is 11.1. The van der Waals surface area contributed by atoms with Crippen LogP contribution in [0.25, 0.3) is 11.1 Å². The number of oxazole rings is 1. The van der Waals surface area contributed by atoms with E-state index in [1.165, 1.54) is 4.57 Å². The largest absolute Gasteiger partial charge is 0.420 e. The molecule has 0 saturated heterocycles. The van der Waals surface area contributed by atoms with E-state index in [0.29, 0.717) is 16.8 Å². The number of fused-ring (bicyclic) bond motifs is 1. The number of nitrogen functional groups attached to an aromatic ring is 1. The molecular weight excluding hydrogens is 246 g/mol. The summed E-state index contributed by atoms with van der Waals surface area (Å²) < 4.78 is 6.41. The fraction of sp³-hybridized carbons (Fsp3) is 0.385. The van der Waals surface area contributed by atoms with Crippen molar-refractivity contribution in [2.75, 3.05) is 5.73 Å². The molecule has 0 spiro atoms. The summed E-state index contributed by atoms with van der Waals surface area (Å²) in [6.07, 6.45) is 0. The molecule has 0 saturated carbocycles. The third kappa shape index (κ3) is 2.47. The molecule has 1 atom stereocenters. The van der Waals surface area contributed by atoms with Crippen LogP contribution in [-0.4, -0.2) is 16.5 Å². The normalized spacial score (nSPS) is 12.8. The van der Waals surface area contributed by atoms with Gasteiger partial charge >= 0.3 is 5.76 Å². The lowest BCUT2D eigenvalue weighted by molar-refractivity contribution is -0.124. The van der Waals surface area contributed by atoms with Crippen molar-refractivity contribution in [1.29, 1.82) is 0 Å². The van der Waals surface area contributed by atoms with Gasteiger partial charge in [0, 0.05) is 11.7 Å². The van der Waals surface area contributed by atoms with Crippen LogP contribution in [-0.2, 0) is 4.79 Å². The topological polar surface area (TPSA) is 90.3 Å². The SMILES string of the molecule is CC(C)NC(=O)C(C)n1c(=O)oc2ccc(N)cc21. The fourth-order valence-electron chi connectivity index (χ4n) is 1.94. The number of benzene rings is 1. The Hall–Kier alpha value is -2.24. The molecule has 3 N–H and O–H groups in total. The van der Waals surface area contributed by atoms with Crippen LogP contribution in [0.5, 0.6) is 0 Å². The summed E-state index contributed by atoms with van der Waals surface area (Å²) >= 11 is 0. The average molecular weight is 263 g/mol. The third-order valence-electron chi connectivity index (χ3n) is 2.83. The minimum Gasteiger partial charge on any atom is -0.408 e. The number of hydrogen-bond donors (Lipinski definition) is 2. The van der Waals surface area contributed by atoms with Crippen molar-refractivity contribution in [1.82, 2.24) is 9.88 Å². The first-order valence-electron chi connectivity index (χ1n) is 6.11. The summed E-state index contributed by atoms with van der Waals surface area (Å²) in [5.41, 5.74) is 7.16. The van der Waals surface area contributed by atoms with E-state index >= 15 is 0 Å². The Morgan fingerprint density at radius 2 is 2.05 bits per heavy atom. The third-order valence-corrected chi connectivity index (χ3v) is 2.83. The second-order valence-electron chi connectivity index (χ2n) is 4.80. The van der Waals surface area contributed by atoms with Crippen molar-refractivity contribution in [2.24, 2.45) is 0 Å². The van der Waals surface area contributed by atoms with Crippen molar-refractivity contribution in [3.63, 3.8) is 0 Å². The van der Waals surface area contributed by atoms with E-state index < -0.39 is 11.8 Å². The van der Waals surface area contributed by atoms with Crippen LogP contribution >= 0.6 is 0 Å². The molecule has 6 heteroatoms. The maximum atomic E-state index is 12.0. The van der Waals surface area contributed by atoms with Gasteiger partial charge in [-0.05, 0) is 39.0 Å². The molecule has 0 aliphatic heterocycles. The van der Waals surface area contributed by atoms with Crippen LogP contribution in [0, 0.1) is 0 Å². The first-order valence-corrected chi connectivity index (χ1v) is 6.11. The summed E-state index contributed by atoms with van der Waals surface area (Å²) in [6, 6.07) is 4.25. The van der Waals surface area contributed by atoms with Crippen LogP contribution in [0.1, 0.15) is 26.8 Å². The van der Waals surface area contributed by atoms with Crippen LogP contribution in [0.3, 0.4) is 0 Å². The van der Waals surface area contributed by atoms with Gasteiger partial charge in [-0.15, -0.1) is 0 Å². The Bertz CT molecular complexity index is 669. The van der Waals surface area contributed by atoms with Crippen molar-refractivity contribution in [2.45, 2.75) is 32.9 Å². The molecule has 0 fully saturated rings. The Labute approximate surface area is 110 Å². The Balaban J connectivity index is 2.49. The number of carbonyl (C=O) groups is 1. The molecule has 0 radical (unpaired) electrons. The summed E-state index contributed by atoms with van der Waals surface area (Å²) in [5, 5.41) is 2.77. The molecule has 6 nitrogen and oxygen atoms in total. The molecule has 1 aromatic heterocycles. The number of hydrogen-bond acceptors (Lipinski definition) is 4. The highest BCUT2D eigenvalue weighted by Crippen LogP contribution is 2.19. The van der Waals surface area contributed by atoms with E-state index in [0.717, 1.165) is 0 Å². The highest BCUT2D eigenvalue weighted by molar-refractivity contribution is 5.84. The van der Waals surface area contributed by atoms with E-state index in [4.69, 9.17) is 10.2 Å². The van der Waals surface area contributed by atoms with E-state index in [1.54, 1.807) is 25.1 Å². The monoisotopic (exact) mass is 263 g/mol. The second-order valence-corrected chi connectivity index (χ2v) is 4.80.